The van der Waals surface area contributed by atoms with Crippen molar-refractivity contribution in [3.63, 3.8) is 0 Å². The summed E-state index contributed by atoms with van der Waals surface area (Å²) >= 11 is 0. The molecular weight excluding hydrogens is 288 g/mol. The minimum Gasteiger partial charge on any atom is -0.319 e. The van der Waals surface area contributed by atoms with Crippen LogP contribution in [0.3, 0.4) is 0 Å². The molecule has 0 radical (unpaired) electrons. The molecule has 22 heavy (non-hydrogen) atoms. The van der Waals surface area contributed by atoms with E-state index in [2.05, 4.69) is 25.9 Å². The fourth-order valence-corrected chi connectivity index (χ4v) is 1.79. The van der Waals surface area contributed by atoms with Gasteiger partial charge in [0.05, 0.1) is 11.9 Å². The zero-order valence-electron chi connectivity index (χ0n) is 12.0. The van der Waals surface area contributed by atoms with Crippen molar-refractivity contribution in [2.75, 3.05) is 19.4 Å². The number of nitrogens with zero attached hydrogens (tertiary/aromatic N) is 4. The number of hydrogen-bond donors (Lipinski definition) is 2. The molecule has 9 heteroatoms. The highest BCUT2D eigenvalue weighted by molar-refractivity contribution is 6.56. The molecule has 0 saturated heterocycles. The minimum absolute atomic E-state index is 0.151. The van der Waals surface area contributed by atoms with Gasteiger partial charge in [-0.1, -0.05) is 0 Å². The van der Waals surface area contributed by atoms with E-state index in [1.165, 1.54) is 26.5 Å². The average molecular weight is 302 g/mol. The number of nitrogens with one attached hydrogen (secondary N) is 2. The van der Waals surface area contributed by atoms with Gasteiger partial charge >= 0.3 is 5.91 Å². The third-order valence-corrected chi connectivity index (χ3v) is 2.86. The number of Topliss-reactive ketones (excluding diaryl/α,β-unsaturated/α-hetero) is 1. The Kier molecular flexibility index (Phi) is 4.57. The van der Waals surface area contributed by atoms with Crippen molar-refractivity contribution in [1.29, 1.82) is 0 Å². The number of pyridine rings is 1. The third-order valence-electron chi connectivity index (χ3n) is 2.86. The van der Waals surface area contributed by atoms with E-state index in [0.717, 1.165) is 5.01 Å². The second kappa shape index (κ2) is 6.57. The molecule has 2 amide bonds. The SMILES string of the molecule is CN/N=C(\C(=O)Nc1cccnc1)C1C=NN(C)C(=O)C1=O. The van der Waals surface area contributed by atoms with Crippen LogP contribution in [0.1, 0.15) is 0 Å². The predicted molar refractivity (Wildman–Crippen MR) is 79.1 cm³/mol. The molecule has 0 aromatic carbocycles. The van der Waals surface area contributed by atoms with E-state index in [0.29, 0.717) is 5.69 Å². The van der Waals surface area contributed by atoms with Gasteiger partial charge in [-0.3, -0.25) is 19.4 Å². The highest BCUT2D eigenvalue weighted by Gasteiger charge is 2.37. The van der Waals surface area contributed by atoms with Crippen LogP contribution < -0.4 is 10.7 Å². The summed E-state index contributed by atoms with van der Waals surface area (Å²) in [4.78, 5) is 39.9. The van der Waals surface area contributed by atoms with Crippen molar-refractivity contribution in [3.8, 4) is 0 Å². The first-order valence-electron chi connectivity index (χ1n) is 6.36. The number of anilines is 1. The van der Waals surface area contributed by atoms with Crippen LogP contribution in [0.4, 0.5) is 5.69 Å². The molecule has 1 unspecified atom stereocenters. The van der Waals surface area contributed by atoms with E-state index in [1.54, 1.807) is 18.3 Å². The first-order valence-corrected chi connectivity index (χ1v) is 6.36. The lowest BCUT2D eigenvalue weighted by Gasteiger charge is -2.20. The monoisotopic (exact) mass is 302 g/mol. The summed E-state index contributed by atoms with van der Waals surface area (Å²) in [6, 6.07) is 3.29. The van der Waals surface area contributed by atoms with Crippen LogP contribution in [0.15, 0.2) is 34.7 Å². The van der Waals surface area contributed by atoms with Gasteiger partial charge in [-0.05, 0) is 12.1 Å². The van der Waals surface area contributed by atoms with Crippen molar-refractivity contribution in [2.45, 2.75) is 0 Å². The standard InChI is InChI=1S/C13H14N6O3/c1-14-18-10(9-7-16-19(2)13(22)11(9)20)12(21)17-8-4-3-5-15-6-8/h3-7,9,14H,1-2H3,(H,17,21)/b18-10-. The average Bonchev–Trinajstić information content (AvgIpc) is 2.52. The number of carbonyl (C=O) groups is 3. The van der Waals surface area contributed by atoms with E-state index in [-0.39, 0.29) is 5.71 Å². The normalized spacial score (nSPS) is 18.4. The number of likely N-dealkylation sites (N-methyl/N-ethyl adjacent to an activating group) is 1. The van der Waals surface area contributed by atoms with Crippen LogP contribution in [-0.4, -0.2) is 53.6 Å². The fourth-order valence-electron chi connectivity index (χ4n) is 1.79. The second-order valence-electron chi connectivity index (χ2n) is 4.35. The summed E-state index contributed by atoms with van der Waals surface area (Å²) in [6.07, 6.45) is 4.22. The molecule has 1 atom stereocenters. The van der Waals surface area contributed by atoms with Crippen LogP contribution in [0.2, 0.25) is 0 Å². The van der Waals surface area contributed by atoms with Gasteiger partial charge in [0.2, 0.25) is 5.78 Å². The van der Waals surface area contributed by atoms with E-state index < -0.39 is 23.5 Å². The molecule has 0 fully saturated rings. The maximum absolute atomic E-state index is 12.3. The van der Waals surface area contributed by atoms with Gasteiger partial charge in [-0.25, -0.2) is 5.01 Å². The topological polar surface area (TPSA) is 116 Å². The van der Waals surface area contributed by atoms with Crippen molar-refractivity contribution in [1.82, 2.24) is 15.4 Å². The molecule has 9 nitrogen and oxygen atoms in total. The number of rotatable bonds is 4. The maximum atomic E-state index is 12.3. The number of aromatic nitrogens is 1. The molecule has 1 aliphatic heterocycles. The Morgan fingerprint density at radius 3 is 2.82 bits per heavy atom. The van der Waals surface area contributed by atoms with Crippen LogP contribution in [0.25, 0.3) is 0 Å². The number of amides is 2. The molecule has 2 N–H and O–H groups in total. The van der Waals surface area contributed by atoms with Gasteiger partial charge in [-0.15, -0.1) is 0 Å². The van der Waals surface area contributed by atoms with Gasteiger partial charge < -0.3 is 10.7 Å². The van der Waals surface area contributed by atoms with Crippen molar-refractivity contribution < 1.29 is 14.4 Å². The van der Waals surface area contributed by atoms with Crippen molar-refractivity contribution in [3.05, 3.63) is 24.5 Å². The van der Waals surface area contributed by atoms with Gasteiger partial charge in [0, 0.05) is 26.5 Å². The Balaban J connectivity index is 2.25. The lowest BCUT2D eigenvalue weighted by Crippen LogP contribution is -2.46. The third kappa shape index (κ3) is 3.14. The smallest absolute Gasteiger partial charge is 0.310 e. The summed E-state index contributed by atoms with van der Waals surface area (Å²) in [6.45, 7) is 0. The number of carbonyl (C=O) groups excluding carboxylic acids is 3. The molecule has 2 heterocycles. The summed E-state index contributed by atoms with van der Waals surface area (Å²) in [5.74, 6) is -3.32. The lowest BCUT2D eigenvalue weighted by molar-refractivity contribution is -0.144. The van der Waals surface area contributed by atoms with Gasteiger partial charge in [-0.2, -0.15) is 10.2 Å². The molecule has 2 rings (SSSR count). The predicted octanol–water partition coefficient (Wildman–Crippen LogP) is -0.761. The highest BCUT2D eigenvalue weighted by atomic mass is 16.2. The number of hydrazone groups is 2. The summed E-state index contributed by atoms with van der Waals surface area (Å²) in [5, 5.41) is 11.0. The van der Waals surface area contributed by atoms with Gasteiger partial charge in [0.1, 0.15) is 11.6 Å². The second-order valence-corrected chi connectivity index (χ2v) is 4.35. The van der Waals surface area contributed by atoms with Crippen LogP contribution in [-0.2, 0) is 14.4 Å². The summed E-state index contributed by atoms with van der Waals surface area (Å²) in [7, 11) is 2.84. The number of ketones is 1. The zero-order valence-corrected chi connectivity index (χ0v) is 12.0. The zero-order chi connectivity index (χ0) is 16.1. The highest BCUT2D eigenvalue weighted by Crippen LogP contribution is 2.11. The quantitative estimate of drug-likeness (QED) is 0.431. The maximum Gasteiger partial charge on any atom is 0.310 e. The Morgan fingerprint density at radius 2 is 2.18 bits per heavy atom. The first kappa shape index (κ1) is 15.3. The molecular formula is C13H14N6O3. The summed E-state index contributed by atoms with van der Waals surface area (Å²) < 4.78 is 0. The van der Waals surface area contributed by atoms with Gasteiger partial charge in [0.15, 0.2) is 0 Å². The fraction of sp³-hybridized carbons (Fsp3) is 0.231. The molecule has 0 spiro atoms. The van der Waals surface area contributed by atoms with E-state index in [1.807, 2.05) is 0 Å². The molecule has 1 aromatic heterocycles. The van der Waals surface area contributed by atoms with Crippen LogP contribution in [0.5, 0.6) is 0 Å². The Morgan fingerprint density at radius 1 is 1.41 bits per heavy atom. The van der Waals surface area contributed by atoms with Gasteiger partial charge in [0.25, 0.3) is 5.91 Å². The molecule has 1 aliphatic rings. The molecule has 114 valence electrons. The van der Waals surface area contributed by atoms with Crippen molar-refractivity contribution >= 4 is 35.2 Å². The van der Waals surface area contributed by atoms with Crippen molar-refractivity contribution in [2.24, 2.45) is 16.1 Å². The van der Waals surface area contributed by atoms with Crippen LogP contribution in [0, 0.1) is 5.92 Å². The Labute approximate surface area is 126 Å². The molecule has 0 aliphatic carbocycles. The Bertz CT molecular complexity index is 655. The summed E-state index contributed by atoms with van der Waals surface area (Å²) in [5.41, 5.74) is 2.74. The largest absolute Gasteiger partial charge is 0.319 e. The van der Waals surface area contributed by atoms with Crippen LogP contribution >= 0.6 is 0 Å². The van der Waals surface area contributed by atoms with E-state index >= 15 is 0 Å². The number of hydrogen-bond acceptors (Lipinski definition) is 7. The Hall–Kier alpha value is -3.10. The molecule has 1 aromatic rings. The first-order chi connectivity index (χ1) is 10.5. The van der Waals surface area contributed by atoms with E-state index in [9.17, 15) is 14.4 Å². The lowest BCUT2D eigenvalue weighted by atomic mass is 9.97. The molecule has 0 saturated carbocycles. The molecule has 0 bridgehead atoms. The minimum atomic E-state index is -1.13. The van der Waals surface area contributed by atoms with E-state index in [4.69, 9.17) is 0 Å².